The molecule has 2 amide bonds. The van der Waals surface area contributed by atoms with Crippen LogP contribution in [0.4, 0.5) is 0 Å². The lowest BCUT2D eigenvalue weighted by Gasteiger charge is -2.37. The van der Waals surface area contributed by atoms with Crippen molar-refractivity contribution in [2.75, 3.05) is 13.1 Å². The second-order valence-corrected chi connectivity index (χ2v) is 4.92. The molecule has 0 spiro atoms. The standard InChI is InChI=1S/C15H16N2O2/c18-14-11-16(10-12-6-2-1-3-7-12)15(19)13-8-4-5-9-17(13)14/h1-3,6-8H,4-5,9-11H2. The number of fused-ring (bicyclic) bond motifs is 1. The monoisotopic (exact) mass is 256 g/mol. The van der Waals surface area contributed by atoms with E-state index >= 15 is 0 Å². The lowest BCUT2D eigenvalue weighted by Crippen LogP contribution is -2.52. The van der Waals surface area contributed by atoms with Gasteiger partial charge in [-0.25, -0.2) is 0 Å². The van der Waals surface area contributed by atoms with Crippen LogP contribution in [-0.2, 0) is 16.1 Å². The summed E-state index contributed by atoms with van der Waals surface area (Å²) in [5, 5.41) is 0. The molecule has 1 aromatic carbocycles. The van der Waals surface area contributed by atoms with Crippen LogP contribution in [0.2, 0.25) is 0 Å². The zero-order valence-electron chi connectivity index (χ0n) is 10.7. The molecule has 3 rings (SSSR count). The van der Waals surface area contributed by atoms with Crippen molar-refractivity contribution in [1.82, 2.24) is 9.80 Å². The third-order valence-corrected chi connectivity index (χ3v) is 3.56. The average Bonchev–Trinajstić information content (AvgIpc) is 2.46. The van der Waals surface area contributed by atoms with Crippen molar-refractivity contribution in [2.24, 2.45) is 0 Å². The highest BCUT2D eigenvalue weighted by Gasteiger charge is 2.35. The van der Waals surface area contributed by atoms with Crippen LogP contribution >= 0.6 is 0 Å². The number of carbonyl (C=O) groups excluding carboxylic acids is 2. The first-order valence-corrected chi connectivity index (χ1v) is 6.59. The van der Waals surface area contributed by atoms with E-state index in [4.69, 9.17) is 0 Å². The molecule has 1 saturated heterocycles. The molecule has 0 radical (unpaired) electrons. The number of amides is 2. The molecule has 19 heavy (non-hydrogen) atoms. The van der Waals surface area contributed by atoms with Crippen LogP contribution < -0.4 is 0 Å². The van der Waals surface area contributed by atoms with Crippen LogP contribution in [0.3, 0.4) is 0 Å². The highest BCUT2D eigenvalue weighted by molar-refractivity contribution is 6.03. The lowest BCUT2D eigenvalue weighted by atomic mass is 10.1. The van der Waals surface area contributed by atoms with Crippen molar-refractivity contribution in [3.05, 3.63) is 47.7 Å². The largest absolute Gasteiger partial charge is 0.324 e. The van der Waals surface area contributed by atoms with E-state index in [0.29, 0.717) is 18.8 Å². The maximum Gasteiger partial charge on any atom is 0.271 e. The maximum atomic E-state index is 12.4. The first-order valence-electron chi connectivity index (χ1n) is 6.59. The summed E-state index contributed by atoms with van der Waals surface area (Å²) in [6, 6.07) is 9.77. The highest BCUT2D eigenvalue weighted by Crippen LogP contribution is 2.23. The van der Waals surface area contributed by atoms with Gasteiger partial charge in [0.05, 0.1) is 0 Å². The first-order chi connectivity index (χ1) is 9.25. The molecule has 0 atom stereocenters. The van der Waals surface area contributed by atoms with E-state index in [1.165, 1.54) is 0 Å². The number of hydrogen-bond donors (Lipinski definition) is 0. The molecular weight excluding hydrogens is 240 g/mol. The van der Waals surface area contributed by atoms with Crippen molar-refractivity contribution < 1.29 is 9.59 Å². The summed E-state index contributed by atoms with van der Waals surface area (Å²) in [6.07, 6.45) is 3.71. The lowest BCUT2D eigenvalue weighted by molar-refractivity contribution is -0.146. The van der Waals surface area contributed by atoms with Gasteiger partial charge < -0.3 is 9.80 Å². The molecule has 4 heteroatoms. The zero-order chi connectivity index (χ0) is 13.2. The Balaban J connectivity index is 1.82. The fourth-order valence-corrected chi connectivity index (χ4v) is 2.59. The topological polar surface area (TPSA) is 40.6 Å². The molecule has 1 fully saturated rings. The fourth-order valence-electron chi connectivity index (χ4n) is 2.59. The van der Waals surface area contributed by atoms with Crippen LogP contribution in [0, 0.1) is 0 Å². The van der Waals surface area contributed by atoms with Gasteiger partial charge >= 0.3 is 0 Å². The highest BCUT2D eigenvalue weighted by atomic mass is 16.2. The van der Waals surface area contributed by atoms with Gasteiger partial charge in [-0.1, -0.05) is 36.4 Å². The number of piperazine rings is 1. The minimum atomic E-state index is -0.0249. The molecule has 0 aliphatic carbocycles. The second kappa shape index (κ2) is 4.88. The summed E-state index contributed by atoms with van der Waals surface area (Å²) < 4.78 is 0. The number of allylic oxidation sites excluding steroid dienone is 1. The molecule has 4 nitrogen and oxygen atoms in total. The van der Waals surface area contributed by atoms with Crippen LogP contribution in [-0.4, -0.2) is 34.7 Å². The Bertz CT molecular complexity index is 536. The van der Waals surface area contributed by atoms with E-state index in [1.54, 1.807) is 9.80 Å². The molecule has 2 aliphatic heterocycles. The van der Waals surface area contributed by atoms with E-state index < -0.39 is 0 Å². The van der Waals surface area contributed by atoms with E-state index in [-0.39, 0.29) is 18.4 Å². The molecule has 1 aromatic rings. The van der Waals surface area contributed by atoms with Gasteiger partial charge in [-0.3, -0.25) is 9.59 Å². The Morgan fingerprint density at radius 1 is 1.11 bits per heavy atom. The van der Waals surface area contributed by atoms with E-state index in [1.807, 2.05) is 36.4 Å². The Morgan fingerprint density at radius 3 is 2.68 bits per heavy atom. The van der Waals surface area contributed by atoms with Crippen LogP contribution in [0.25, 0.3) is 0 Å². The third kappa shape index (κ3) is 2.26. The summed E-state index contributed by atoms with van der Waals surface area (Å²) in [4.78, 5) is 27.7. The fraction of sp³-hybridized carbons (Fsp3) is 0.333. The molecule has 0 N–H and O–H groups in total. The van der Waals surface area contributed by atoms with E-state index in [2.05, 4.69) is 0 Å². The summed E-state index contributed by atoms with van der Waals surface area (Å²) in [6.45, 7) is 1.36. The Morgan fingerprint density at radius 2 is 1.89 bits per heavy atom. The number of benzene rings is 1. The van der Waals surface area contributed by atoms with Crippen molar-refractivity contribution in [3.63, 3.8) is 0 Å². The van der Waals surface area contributed by atoms with Crippen molar-refractivity contribution >= 4 is 11.8 Å². The summed E-state index contributed by atoms with van der Waals surface area (Å²) in [5.74, 6) is 0.00429. The van der Waals surface area contributed by atoms with Crippen molar-refractivity contribution in [3.8, 4) is 0 Å². The van der Waals surface area contributed by atoms with Gasteiger partial charge in [-0.2, -0.15) is 0 Å². The minimum Gasteiger partial charge on any atom is -0.324 e. The molecule has 0 bridgehead atoms. The zero-order valence-corrected chi connectivity index (χ0v) is 10.7. The number of hydrogen-bond acceptors (Lipinski definition) is 2. The van der Waals surface area contributed by atoms with Gasteiger partial charge in [-0.05, 0) is 18.4 Å². The van der Waals surface area contributed by atoms with Crippen LogP contribution in [0.1, 0.15) is 18.4 Å². The molecular formula is C15H16N2O2. The van der Waals surface area contributed by atoms with Crippen molar-refractivity contribution in [2.45, 2.75) is 19.4 Å². The summed E-state index contributed by atoms with van der Waals surface area (Å²) >= 11 is 0. The molecule has 0 saturated carbocycles. The molecule has 98 valence electrons. The Labute approximate surface area is 112 Å². The van der Waals surface area contributed by atoms with Crippen LogP contribution in [0.5, 0.6) is 0 Å². The van der Waals surface area contributed by atoms with E-state index in [0.717, 1.165) is 18.4 Å². The van der Waals surface area contributed by atoms with E-state index in [9.17, 15) is 9.59 Å². The maximum absolute atomic E-state index is 12.4. The third-order valence-electron chi connectivity index (χ3n) is 3.56. The normalized spacial score (nSPS) is 19.3. The van der Waals surface area contributed by atoms with Crippen LogP contribution in [0.15, 0.2) is 42.1 Å². The molecule has 2 aliphatic rings. The number of carbonyl (C=O) groups is 2. The smallest absolute Gasteiger partial charge is 0.271 e. The SMILES string of the molecule is O=C1C2=CCCCN2C(=O)CN1Cc1ccccc1. The molecule has 0 aromatic heterocycles. The average molecular weight is 256 g/mol. The summed E-state index contributed by atoms with van der Waals surface area (Å²) in [7, 11) is 0. The predicted molar refractivity (Wildman–Crippen MR) is 70.9 cm³/mol. The number of nitrogens with zero attached hydrogens (tertiary/aromatic N) is 2. The predicted octanol–water partition coefficient (Wildman–Crippen LogP) is 1.54. The van der Waals surface area contributed by atoms with Gasteiger partial charge in [0.2, 0.25) is 5.91 Å². The Kier molecular flexibility index (Phi) is 3.07. The van der Waals surface area contributed by atoms with Gasteiger partial charge in [0, 0.05) is 13.1 Å². The summed E-state index contributed by atoms with van der Waals surface area (Å²) in [5.41, 5.74) is 1.62. The molecule has 2 heterocycles. The first kappa shape index (κ1) is 12.0. The van der Waals surface area contributed by atoms with Gasteiger partial charge in [0.25, 0.3) is 5.91 Å². The van der Waals surface area contributed by atoms with Gasteiger partial charge in [0.1, 0.15) is 12.2 Å². The van der Waals surface area contributed by atoms with Gasteiger partial charge in [-0.15, -0.1) is 0 Å². The quantitative estimate of drug-likeness (QED) is 0.805. The van der Waals surface area contributed by atoms with Gasteiger partial charge in [0.15, 0.2) is 0 Å². The number of rotatable bonds is 2. The molecule has 0 unspecified atom stereocenters. The van der Waals surface area contributed by atoms with Crippen molar-refractivity contribution in [1.29, 1.82) is 0 Å². The second-order valence-electron chi connectivity index (χ2n) is 4.92. The minimum absolute atomic E-state index is 0.0249. The Hall–Kier alpha value is -2.10.